The molecule has 1 atom stereocenters. The quantitative estimate of drug-likeness (QED) is 0.836. The second-order valence-corrected chi connectivity index (χ2v) is 4.31. The van der Waals surface area contributed by atoms with Crippen molar-refractivity contribution in [3.05, 3.63) is 70.5 Å². The Kier molecular flexibility index (Phi) is 3.25. The van der Waals surface area contributed by atoms with Gasteiger partial charge in [-0.15, -0.1) is 0 Å². The van der Waals surface area contributed by atoms with E-state index in [1.165, 1.54) is 12.1 Å². The van der Waals surface area contributed by atoms with Gasteiger partial charge in [0.25, 0.3) is 0 Å². The van der Waals surface area contributed by atoms with Crippen molar-refractivity contribution in [1.29, 1.82) is 0 Å². The fourth-order valence-corrected chi connectivity index (χ4v) is 1.88. The molecule has 0 aliphatic heterocycles. The number of benzene rings is 2. The van der Waals surface area contributed by atoms with E-state index in [1.807, 2.05) is 32.0 Å². The standard InChI is InChI=1S/C15H15FO/c1-10-3-4-11(2)14(9-10)15(17)12-5-7-13(16)8-6-12/h3-9,15,17H,1-2H3/t15-/m0/s1. The number of halogens is 1. The molecule has 2 rings (SSSR count). The lowest BCUT2D eigenvalue weighted by Gasteiger charge is -2.15. The maximum atomic E-state index is 12.8. The van der Waals surface area contributed by atoms with E-state index in [9.17, 15) is 9.50 Å². The molecule has 0 aliphatic carbocycles. The van der Waals surface area contributed by atoms with E-state index in [2.05, 4.69) is 0 Å². The summed E-state index contributed by atoms with van der Waals surface area (Å²) in [5, 5.41) is 10.3. The van der Waals surface area contributed by atoms with Crippen molar-refractivity contribution in [2.45, 2.75) is 20.0 Å². The summed E-state index contributed by atoms with van der Waals surface area (Å²) in [5.41, 5.74) is 3.72. The molecule has 0 unspecified atom stereocenters. The average molecular weight is 230 g/mol. The van der Waals surface area contributed by atoms with Crippen LogP contribution in [0, 0.1) is 19.7 Å². The van der Waals surface area contributed by atoms with Crippen LogP contribution < -0.4 is 0 Å². The predicted octanol–water partition coefficient (Wildman–Crippen LogP) is 3.52. The Bertz CT molecular complexity index is 517. The molecular formula is C15H15FO. The van der Waals surface area contributed by atoms with E-state index in [0.29, 0.717) is 5.56 Å². The van der Waals surface area contributed by atoms with Crippen molar-refractivity contribution >= 4 is 0 Å². The summed E-state index contributed by atoms with van der Waals surface area (Å²) in [7, 11) is 0. The first-order valence-electron chi connectivity index (χ1n) is 5.58. The van der Waals surface area contributed by atoms with E-state index in [0.717, 1.165) is 16.7 Å². The largest absolute Gasteiger partial charge is 0.384 e. The van der Waals surface area contributed by atoms with Gasteiger partial charge < -0.3 is 5.11 Å². The summed E-state index contributed by atoms with van der Waals surface area (Å²) in [5.74, 6) is -0.290. The van der Waals surface area contributed by atoms with Crippen LogP contribution in [0.1, 0.15) is 28.4 Å². The van der Waals surface area contributed by atoms with Gasteiger partial charge in [-0.1, -0.05) is 35.9 Å². The molecule has 2 heteroatoms. The van der Waals surface area contributed by atoms with E-state index < -0.39 is 6.10 Å². The van der Waals surface area contributed by atoms with Crippen molar-refractivity contribution in [3.63, 3.8) is 0 Å². The first-order chi connectivity index (χ1) is 8.08. The van der Waals surface area contributed by atoms with Crippen molar-refractivity contribution in [1.82, 2.24) is 0 Å². The molecule has 0 radical (unpaired) electrons. The molecule has 0 spiro atoms. The Balaban J connectivity index is 2.39. The summed E-state index contributed by atoms with van der Waals surface area (Å²) < 4.78 is 12.8. The smallest absolute Gasteiger partial charge is 0.123 e. The second kappa shape index (κ2) is 4.68. The van der Waals surface area contributed by atoms with Crippen molar-refractivity contribution < 1.29 is 9.50 Å². The molecule has 1 N–H and O–H groups in total. The molecular weight excluding hydrogens is 215 g/mol. The van der Waals surface area contributed by atoms with Gasteiger partial charge in [0.1, 0.15) is 11.9 Å². The van der Waals surface area contributed by atoms with Gasteiger partial charge in [0.05, 0.1) is 0 Å². The fraction of sp³-hybridized carbons (Fsp3) is 0.200. The number of hydrogen-bond acceptors (Lipinski definition) is 1. The zero-order chi connectivity index (χ0) is 12.4. The van der Waals surface area contributed by atoms with Crippen LogP contribution in [0.2, 0.25) is 0 Å². The van der Waals surface area contributed by atoms with Crippen LogP contribution in [-0.4, -0.2) is 5.11 Å². The highest BCUT2D eigenvalue weighted by atomic mass is 19.1. The molecule has 88 valence electrons. The highest BCUT2D eigenvalue weighted by Gasteiger charge is 2.12. The van der Waals surface area contributed by atoms with Gasteiger partial charge in [0.15, 0.2) is 0 Å². The minimum atomic E-state index is -0.699. The first-order valence-corrected chi connectivity index (χ1v) is 5.58. The summed E-state index contributed by atoms with van der Waals surface area (Å²) in [6, 6.07) is 11.9. The third-order valence-corrected chi connectivity index (χ3v) is 2.92. The Morgan fingerprint density at radius 2 is 1.65 bits per heavy atom. The van der Waals surface area contributed by atoms with E-state index >= 15 is 0 Å². The summed E-state index contributed by atoms with van der Waals surface area (Å²) >= 11 is 0. The molecule has 0 fully saturated rings. The third-order valence-electron chi connectivity index (χ3n) is 2.92. The van der Waals surface area contributed by atoms with Gasteiger partial charge in [0.2, 0.25) is 0 Å². The minimum Gasteiger partial charge on any atom is -0.384 e. The Hall–Kier alpha value is -1.67. The number of aliphatic hydroxyl groups excluding tert-OH is 1. The summed E-state index contributed by atoms with van der Waals surface area (Å²) in [4.78, 5) is 0. The molecule has 0 saturated carbocycles. The maximum Gasteiger partial charge on any atom is 0.123 e. The number of aliphatic hydroxyl groups is 1. The van der Waals surface area contributed by atoms with Gasteiger partial charge in [0, 0.05) is 0 Å². The fourth-order valence-electron chi connectivity index (χ4n) is 1.88. The topological polar surface area (TPSA) is 20.2 Å². The molecule has 2 aromatic rings. The van der Waals surface area contributed by atoms with E-state index in [4.69, 9.17) is 0 Å². The molecule has 0 heterocycles. The molecule has 0 saturated heterocycles. The highest BCUT2D eigenvalue weighted by Crippen LogP contribution is 2.25. The third kappa shape index (κ3) is 2.53. The molecule has 1 nitrogen and oxygen atoms in total. The van der Waals surface area contributed by atoms with Crippen LogP contribution in [0.3, 0.4) is 0 Å². The number of aryl methyl sites for hydroxylation is 2. The molecule has 0 aliphatic rings. The van der Waals surface area contributed by atoms with Gasteiger partial charge >= 0.3 is 0 Å². The lowest BCUT2D eigenvalue weighted by molar-refractivity contribution is 0.219. The number of rotatable bonds is 2. The van der Waals surface area contributed by atoms with E-state index in [1.54, 1.807) is 12.1 Å². The van der Waals surface area contributed by atoms with Crippen LogP contribution in [0.25, 0.3) is 0 Å². The highest BCUT2D eigenvalue weighted by molar-refractivity contribution is 5.37. The molecule has 0 aromatic heterocycles. The van der Waals surface area contributed by atoms with Gasteiger partial charge in [-0.25, -0.2) is 4.39 Å². The first kappa shape index (κ1) is 11.8. The Labute approximate surface area is 101 Å². The van der Waals surface area contributed by atoms with Crippen LogP contribution in [0.5, 0.6) is 0 Å². The lowest BCUT2D eigenvalue weighted by Crippen LogP contribution is -2.02. The minimum absolute atomic E-state index is 0.290. The Morgan fingerprint density at radius 3 is 2.29 bits per heavy atom. The second-order valence-electron chi connectivity index (χ2n) is 4.31. The zero-order valence-electron chi connectivity index (χ0n) is 9.94. The molecule has 17 heavy (non-hydrogen) atoms. The normalized spacial score (nSPS) is 12.5. The lowest BCUT2D eigenvalue weighted by atomic mass is 9.96. The van der Waals surface area contributed by atoms with Crippen LogP contribution in [0.4, 0.5) is 4.39 Å². The van der Waals surface area contributed by atoms with Crippen LogP contribution in [-0.2, 0) is 0 Å². The van der Waals surface area contributed by atoms with Crippen LogP contribution >= 0.6 is 0 Å². The average Bonchev–Trinajstić information content (AvgIpc) is 2.32. The maximum absolute atomic E-state index is 12.8. The molecule has 0 bridgehead atoms. The van der Waals surface area contributed by atoms with Crippen LogP contribution in [0.15, 0.2) is 42.5 Å². The van der Waals surface area contributed by atoms with Crippen molar-refractivity contribution in [2.24, 2.45) is 0 Å². The van der Waals surface area contributed by atoms with Gasteiger partial charge in [-0.05, 0) is 42.7 Å². The number of hydrogen-bond donors (Lipinski definition) is 1. The predicted molar refractivity (Wildman–Crippen MR) is 66.4 cm³/mol. The van der Waals surface area contributed by atoms with Gasteiger partial charge in [-0.2, -0.15) is 0 Å². The summed E-state index contributed by atoms with van der Waals surface area (Å²) in [6.45, 7) is 3.95. The summed E-state index contributed by atoms with van der Waals surface area (Å²) in [6.07, 6.45) is -0.699. The van der Waals surface area contributed by atoms with Crippen molar-refractivity contribution in [3.8, 4) is 0 Å². The van der Waals surface area contributed by atoms with E-state index in [-0.39, 0.29) is 5.82 Å². The molecule has 0 amide bonds. The van der Waals surface area contributed by atoms with Crippen molar-refractivity contribution in [2.75, 3.05) is 0 Å². The molecule has 2 aromatic carbocycles. The SMILES string of the molecule is Cc1ccc(C)c([C@@H](O)c2ccc(F)cc2)c1. The zero-order valence-corrected chi connectivity index (χ0v) is 9.94. The Morgan fingerprint density at radius 1 is 1.00 bits per heavy atom. The van der Waals surface area contributed by atoms with Gasteiger partial charge in [-0.3, -0.25) is 0 Å². The monoisotopic (exact) mass is 230 g/mol.